The molecule has 1 aliphatic rings. The molecule has 1 unspecified atom stereocenters. The molecule has 0 aliphatic carbocycles. The lowest BCUT2D eigenvalue weighted by molar-refractivity contribution is -0.127. The summed E-state index contributed by atoms with van der Waals surface area (Å²) < 4.78 is 0. The van der Waals surface area contributed by atoms with Crippen molar-refractivity contribution in [3.8, 4) is 6.07 Å². The minimum absolute atomic E-state index is 0.0955. The number of hydrogen-bond acceptors (Lipinski definition) is 3. The molecule has 0 saturated carbocycles. The lowest BCUT2D eigenvalue weighted by Crippen LogP contribution is -2.37. The van der Waals surface area contributed by atoms with Crippen LogP contribution in [0.3, 0.4) is 0 Å². The first-order valence-electron chi connectivity index (χ1n) is 5.42. The summed E-state index contributed by atoms with van der Waals surface area (Å²) in [5, 5.41) is 8.73. The summed E-state index contributed by atoms with van der Waals surface area (Å²) in [6.07, 6.45) is 0.405. The van der Waals surface area contributed by atoms with Gasteiger partial charge in [-0.05, 0) is 20.9 Å². The summed E-state index contributed by atoms with van der Waals surface area (Å²) in [6.45, 7) is 6.49. The standard InChI is InChI=1S/C11H19N3O/c1-9(2)13(3)4-5-14-8-10(7-12)6-11(14)15/h9-10H,4-6,8H2,1-3H3. The van der Waals surface area contributed by atoms with E-state index in [4.69, 9.17) is 5.26 Å². The lowest BCUT2D eigenvalue weighted by Gasteiger charge is -2.24. The van der Waals surface area contributed by atoms with Gasteiger partial charge >= 0.3 is 0 Å². The van der Waals surface area contributed by atoms with Gasteiger partial charge in [-0.2, -0.15) is 5.26 Å². The Kier molecular flexibility index (Phi) is 4.10. The maximum Gasteiger partial charge on any atom is 0.224 e. The molecule has 1 aliphatic heterocycles. The van der Waals surface area contributed by atoms with E-state index in [1.54, 1.807) is 4.90 Å². The molecule has 15 heavy (non-hydrogen) atoms. The molecular formula is C11H19N3O. The van der Waals surface area contributed by atoms with E-state index in [2.05, 4.69) is 24.8 Å². The van der Waals surface area contributed by atoms with Gasteiger partial charge in [0.15, 0.2) is 0 Å². The van der Waals surface area contributed by atoms with Crippen LogP contribution in [-0.4, -0.2) is 48.4 Å². The predicted molar refractivity (Wildman–Crippen MR) is 58.1 cm³/mol. The normalized spacial score (nSPS) is 21.5. The third kappa shape index (κ3) is 3.21. The number of likely N-dealkylation sites (N-methyl/N-ethyl adjacent to an activating group) is 1. The molecule has 1 saturated heterocycles. The largest absolute Gasteiger partial charge is 0.340 e. The summed E-state index contributed by atoms with van der Waals surface area (Å²) in [6, 6.07) is 2.65. The molecule has 1 atom stereocenters. The fourth-order valence-electron chi connectivity index (χ4n) is 1.61. The van der Waals surface area contributed by atoms with E-state index in [0.29, 0.717) is 19.0 Å². The van der Waals surface area contributed by atoms with Crippen LogP contribution in [0, 0.1) is 17.2 Å². The second kappa shape index (κ2) is 5.13. The number of carbonyl (C=O) groups is 1. The number of hydrogen-bond donors (Lipinski definition) is 0. The van der Waals surface area contributed by atoms with Crippen molar-refractivity contribution in [2.24, 2.45) is 5.92 Å². The molecule has 0 bridgehead atoms. The van der Waals surface area contributed by atoms with Gasteiger partial charge < -0.3 is 9.80 Å². The highest BCUT2D eigenvalue weighted by Gasteiger charge is 2.29. The van der Waals surface area contributed by atoms with Crippen molar-refractivity contribution >= 4 is 5.91 Å². The Morgan fingerprint density at radius 3 is 2.80 bits per heavy atom. The first-order chi connectivity index (χ1) is 7.04. The highest BCUT2D eigenvalue weighted by Crippen LogP contribution is 2.16. The van der Waals surface area contributed by atoms with E-state index < -0.39 is 0 Å². The van der Waals surface area contributed by atoms with E-state index >= 15 is 0 Å². The van der Waals surface area contributed by atoms with E-state index in [0.717, 1.165) is 13.1 Å². The van der Waals surface area contributed by atoms with Crippen LogP contribution < -0.4 is 0 Å². The zero-order valence-corrected chi connectivity index (χ0v) is 9.73. The molecule has 1 amide bonds. The van der Waals surface area contributed by atoms with Gasteiger partial charge in [-0.15, -0.1) is 0 Å². The number of amides is 1. The van der Waals surface area contributed by atoms with Crippen molar-refractivity contribution in [3.05, 3.63) is 0 Å². The summed E-state index contributed by atoms with van der Waals surface area (Å²) >= 11 is 0. The molecule has 1 heterocycles. The summed E-state index contributed by atoms with van der Waals surface area (Å²) in [5.74, 6) is 0.0283. The quantitative estimate of drug-likeness (QED) is 0.684. The Balaban J connectivity index is 2.34. The zero-order chi connectivity index (χ0) is 11.4. The Bertz CT molecular complexity index is 269. The van der Waals surface area contributed by atoms with Crippen molar-refractivity contribution in [1.29, 1.82) is 5.26 Å². The van der Waals surface area contributed by atoms with E-state index in [1.807, 2.05) is 7.05 Å². The Morgan fingerprint density at radius 1 is 1.67 bits per heavy atom. The molecule has 0 aromatic heterocycles. The van der Waals surface area contributed by atoms with Gasteiger partial charge in [-0.3, -0.25) is 4.79 Å². The van der Waals surface area contributed by atoms with Crippen LogP contribution in [0.5, 0.6) is 0 Å². The molecule has 0 aromatic rings. The molecule has 0 aromatic carbocycles. The van der Waals surface area contributed by atoms with Crippen molar-refractivity contribution in [2.45, 2.75) is 26.3 Å². The average molecular weight is 209 g/mol. The van der Waals surface area contributed by atoms with Crippen molar-refractivity contribution < 1.29 is 4.79 Å². The SMILES string of the molecule is CC(C)N(C)CCN1CC(C#N)CC1=O. The first-order valence-corrected chi connectivity index (χ1v) is 5.42. The Labute approximate surface area is 91.5 Å². The highest BCUT2D eigenvalue weighted by molar-refractivity contribution is 5.79. The smallest absolute Gasteiger partial charge is 0.224 e. The van der Waals surface area contributed by atoms with E-state index in [9.17, 15) is 4.79 Å². The summed E-state index contributed by atoms with van der Waals surface area (Å²) in [7, 11) is 2.05. The molecular weight excluding hydrogens is 190 g/mol. The van der Waals surface area contributed by atoms with Gasteiger partial charge in [-0.1, -0.05) is 0 Å². The van der Waals surface area contributed by atoms with Crippen LogP contribution in [0.25, 0.3) is 0 Å². The summed E-state index contributed by atoms with van der Waals surface area (Å²) in [5.41, 5.74) is 0. The zero-order valence-electron chi connectivity index (χ0n) is 9.73. The Hall–Kier alpha value is -1.08. The maximum absolute atomic E-state index is 11.5. The van der Waals surface area contributed by atoms with E-state index in [-0.39, 0.29) is 11.8 Å². The number of rotatable bonds is 4. The van der Waals surface area contributed by atoms with Crippen LogP contribution >= 0.6 is 0 Å². The predicted octanol–water partition coefficient (Wildman–Crippen LogP) is 0.699. The molecule has 84 valence electrons. The van der Waals surface area contributed by atoms with Gasteiger partial charge in [0.05, 0.1) is 12.0 Å². The van der Waals surface area contributed by atoms with Crippen molar-refractivity contribution in [3.63, 3.8) is 0 Å². The van der Waals surface area contributed by atoms with Gasteiger partial charge in [-0.25, -0.2) is 0 Å². The van der Waals surface area contributed by atoms with Crippen LogP contribution in [0.2, 0.25) is 0 Å². The number of nitriles is 1. The van der Waals surface area contributed by atoms with Crippen LogP contribution in [0.15, 0.2) is 0 Å². The molecule has 0 radical (unpaired) electrons. The second-order valence-corrected chi connectivity index (χ2v) is 4.44. The fourth-order valence-corrected chi connectivity index (χ4v) is 1.61. The van der Waals surface area contributed by atoms with Gasteiger partial charge in [0, 0.05) is 32.1 Å². The fraction of sp³-hybridized carbons (Fsp3) is 0.818. The van der Waals surface area contributed by atoms with Gasteiger partial charge in [0.25, 0.3) is 0 Å². The van der Waals surface area contributed by atoms with Crippen molar-refractivity contribution in [1.82, 2.24) is 9.80 Å². The van der Waals surface area contributed by atoms with Gasteiger partial charge in [0.2, 0.25) is 5.91 Å². The molecule has 4 nitrogen and oxygen atoms in total. The van der Waals surface area contributed by atoms with Crippen LogP contribution in [-0.2, 0) is 4.79 Å². The number of carbonyl (C=O) groups excluding carboxylic acids is 1. The molecule has 0 spiro atoms. The Morgan fingerprint density at radius 2 is 2.33 bits per heavy atom. The second-order valence-electron chi connectivity index (χ2n) is 4.44. The number of likely N-dealkylation sites (tertiary alicyclic amines) is 1. The maximum atomic E-state index is 11.5. The highest BCUT2D eigenvalue weighted by atomic mass is 16.2. The molecule has 1 rings (SSSR count). The van der Waals surface area contributed by atoms with Crippen molar-refractivity contribution in [2.75, 3.05) is 26.7 Å². The minimum Gasteiger partial charge on any atom is -0.340 e. The van der Waals surface area contributed by atoms with Gasteiger partial charge in [0.1, 0.15) is 0 Å². The van der Waals surface area contributed by atoms with Crippen LogP contribution in [0.4, 0.5) is 0 Å². The average Bonchev–Trinajstić information content (AvgIpc) is 2.55. The monoisotopic (exact) mass is 209 g/mol. The first kappa shape index (κ1) is 12.0. The summed E-state index contributed by atoms with van der Waals surface area (Å²) in [4.78, 5) is 15.5. The molecule has 0 N–H and O–H groups in total. The van der Waals surface area contributed by atoms with E-state index in [1.165, 1.54) is 0 Å². The third-order valence-electron chi connectivity index (χ3n) is 3.00. The topological polar surface area (TPSA) is 47.3 Å². The minimum atomic E-state index is -0.0955. The lowest BCUT2D eigenvalue weighted by atomic mass is 10.1. The van der Waals surface area contributed by atoms with Crippen LogP contribution in [0.1, 0.15) is 20.3 Å². The number of nitrogens with zero attached hydrogens (tertiary/aromatic N) is 3. The third-order valence-corrected chi connectivity index (χ3v) is 3.00. The molecule has 1 fully saturated rings. The molecule has 4 heteroatoms.